The van der Waals surface area contributed by atoms with Gasteiger partial charge in [-0.3, -0.25) is 0 Å². The van der Waals surface area contributed by atoms with Crippen molar-refractivity contribution in [2.45, 2.75) is 19.9 Å². The van der Waals surface area contributed by atoms with Crippen LogP contribution in [0.5, 0.6) is 0 Å². The molecule has 0 atom stereocenters. The summed E-state index contributed by atoms with van der Waals surface area (Å²) >= 11 is 6.01. The third kappa shape index (κ3) is 5.47. The quantitative estimate of drug-likeness (QED) is 0.646. The third-order valence-corrected chi connectivity index (χ3v) is 3.99. The molecule has 0 aliphatic heterocycles. The molecule has 0 amide bonds. The van der Waals surface area contributed by atoms with Crippen molar-refractivity contribution in [2.75, 3.05) is 17.2 Å². The first-order valence-corrected chi connectivity index (χ1v) is 8.68. The fourth-order valence-electron chi connectivity index (χ4n) is 2.54. The fraction of sp³-hybridized carbons (Fsp3) is 0.200. The van der Waals surface area contributed by atoms with E-state index in [0.717, 1.165) is 36.0 Å². The van der Waals surface area contributed by atoms with Gasteiger partial charge in [-0.1, -0.05) is 54.1 Å². The van der Waals surface area contributed by atoms with Gasteiger partial charge in [-0.05, 0) is 36.6 Å². The topological polar surface area (TPSA) is 49.8 Å². The molecule has 1 heterocycles. The number of rotatable bonds is 7. The van der Waals surface area contributed by atoms with Crippen LogP contribution in [-0.2, 0) is 13.0 Å². The van der Waals surface area contributed by atoms with Crippen molar-refractivity contribution in [2.24, 2.45) is 0 Å². The lowest BCUT2D eigenvalue weighted by Gasteiger charge is -2.10. The Morgan fingerprint density at radius 2 is 1.68 bits per heavy atom. The predicted octanol–water partition coefficient (Wildman–Crippen LogP) is 4.71. The van der Waals surface area contributed by atoms with E-state index in [1.54, 1.807) is 0 Å². The van der Waals surface area contributed by atoms with Gasteiger partial charge in [0.05, 0.1) is 0 Å². The van der Waals surface area contributed by atoms with Crippen LogP contribution in [0.1, 0.15) is 16.8 Å². The van der Waals surface area contributed by atoms with Gasteiger partial charge in [-0.15, -0.1) is 0 Å². The second-order valence-corrected chi connectivity index (χ2v) is 6.30. The summed E-state index contributed by atoms with van der Waals surface area (Å²) in [4.78, 5) is 8.99. The maximum atomic E-state index is 6.01. The van der Waals surface area contributed by atoms with Crippen molar-refractivity contribution >= 4 is 23.4 Å². The van der Waals surface area contributed by atoms with Gasteiger partial charge >= 0.3 is 0 Å². The second kappa shape index (κ2) is 8.49. The minimum atomic E-state index is 0.637. The van der Waals surface area contributed by atoms with Gasteiger partial charge in [0, 0.05) is 29.9 Å². The molecule has 0 unspecified atom stereocenters. The number of nitrogens with one attached hydrogen (secondary N) is 2. The van der Waals surface area contributed by atoms with Crippen LogP contribution in [0.3, 0.4) is 0 Å². The van der Waals surface area contributed by atoms with Crippen LogP contribution < -0.4 is 10.6 Å². The molecule has 2 N–H and O–H groups in total. The van der Waals surface area contributed by atoms with E-state index < -0.39 is 0 Å². The molecule has 3 rings (SSSR count). The number of hydrogen-bond acceptors (Lipinski definition) is 4. The monoisotopic (exact) mass is 352 g/mol. The highest BCUT2D eigenvalue weighted by molar-refractivity contribution is 6.30. The van der Waals surface area contributed by atoms with Gasteiger partial charge in [0.15, 0.2) is 0 Å². The van der Waals surface area contributed by atoms with Gasteiger partial charge in [-0.25, -0.2) is 4.98 Å². The SMILES string of the molecule is Cc1cc(NCc2ccccc2)nc(NCCc2cccc(Cl)c2)n1. The normalized spacial score (nSPS) is 10.5. The Balaban J connectivity index is 1.57. The zero-order chi connectivity index (χ0) is 17.5. The van der Waals surface area contributed by atoms with Gasteiger partial charge in [0.25, 0.3) is 0 Å². The zero-order valence-corrected chi connectivity index (χ0v) is 14.9. The second-order valence-electron chi connectivity index (χ2n) is 5.86. The molecule has 1 aromatic heterocycles. The summed E-state index contributed by atoms with van der Waals surface area (Å²) in [6.45, 7) is 3.46. The molecule has 5 heteroatoms. The Labute approximate surface area is 153 Å². The van der Waals surface area contributed by atoms with Crippen molar-refractivity contribution in [3.05, 3.63) is 82.5 Å². The first-order valence-electron chi connectivity index (χ1n) is 8.31. The van der Waals surface area contributed by atoms with E-state index in [1.165, 1.54) is 11.1 Å². The van der Waals surface area contributed by atoms with Crippen molar-refractivity contribution in [1.82, 2.24) is 9.97 Å². The van der Waals surface area contributed by atoms with Crippen LogP contribution in [0.15, 0.2) is 60.7 Å². The minimum Gasteiger partial charge on any atom is -0.366 e. The molecule has 25 heavy (non-hydrogen) atoms. The zero-order valence-electron chi connectivity index (χ0n) is 14.2. The Kier molecular flexibility index (Phi) is 5.86. The molecule has 0 aliphatic rings. The van der Waals surface area contributed by atoms with Crippen molar-refractivity contribution < 1.29 is 0 Å². The number of anilines is 2. The van der Waals surface area contributed by atoms with Crippen LogP contribution in [0.4, 0.5) is 11.8 Å². The molecular weight excluding hydrogens is 332 g/mol. The maximum absolute atomic E-state index is 6.01. The Hall–Kier alpha value is -2.59. The van der Waals surface area contributed by atoms with E-state index in [9.17, 15) is 0 Å². The summed E-state index contributed by atoms with van der Waals surface area (Å²) in [5.74, 6) is 1.46. The van der Waals surface area contributed by atoms with Crippen LogP contribution >= 0.6 is 11.6 Å². The number of nitrogens with zero attached hydrogens (tertiary/aromatic N) is 2. The van der Waals surface area contributed by atoms with Crippen LogP contribution in [0.25, 0.3) is 0 Å². The lowest BCUT2D eigenvalue weighted by atomic mass is 10.1. The predicted molar refractivity (Wildman–Crippen MR) is 104 cm³/mol. The van der Waals surface area contributed by atoms with Gasteiger partial charge in [-0.2, -0.15) is 4.98 Å². The summed E-state index contributed by atoms with van der Waals surface area (Å²) in [7, 11) is 0. The highest BCUT2D eigenvalue weighted by Crippen LogP contribution is 2.13. The number of benzene rings is 2. The number of aryl methyl sites for hydroxylation is 1. The third-order valence-electron chi connectivity index (χ3n) is 3.76. The highest BCUT2D eigenvalue weighted by atomic mass is 35.5. The number of hydrogen-bond donors (Lipinski definition) is 2. The van der Waals surface area contributed by atoms with E-state index in [2.05, 4.69) is 38.8 Å². The number of halogens is 1. The van der Waals surface area contributed by atoms with Gasteiger partial charge in [0.2, 0.25) is 5.95 Å². The van der Waals surface area contributed by atoms with Crippen LogP contribution in [0, 0.1) is 6.92 Å². The highest BCUT2D eigenvalue weighted by Gasteiger charge is 2.03. The van der Waals surface area contributed by atoms with E-state index in [1.807, 2.05) is 49.4 Å². The molecule has 0 bridgehead atoms. The summed E-state index contributed by atoms with van der Waals surface area (Å²) in [5, 5.41) is 7.40. The largest absolute Gasteiger partial charge is 0.366 e. The van der Waals surface area contributed by atoms with Gasteiger partial charge in [0.1, 0.15) is 5.82 Å². The maximum Gasteiger partial charge on any atom is 0.224 e. The molecule has 128 valence electrons. The Morgan fingerprint density at radius 3 is 2.48 bits per heavy atom. The molecular formula is C20H21ClN4. The van der Waals surface area contributed by atoms with Crippen LogP contribution in [-0.4, -0.2) is 16.5 Å². The van der Waals surface area contributed by atoms with E-state index in [-0.39, 0.29) is 0 Å². The first kappa shape index (κ1) is 17.2. The summed E-state index contributed by atoms with van der Waals surface area (Å²) in [6.07, 6.45) is 0.866. The van der Waals surface area contributed by atoms with E-state index in [0.29, 0.717) is 5.95 Å². The summed E-state index contributed by atoms with van der Waals surface area (Å²) in [5.41, 5.74) is 3.33. The molecule has 0 fully saturated rings. The lowest BCUT2D eigenvalue weighted by Crippen LogP contribution is -2.10. The van der Waals surface area contributed by atoms with Crippen molar-refractivity contribution in [1.29, 1.82) is 0 Å². The van der Waals surface area contributed by atoms with Gasteiger partial charge < -0.3 is 10.6 Å². The molecule has 0 saturated heterocycles. The molecule has 0 aliphatic carbocycles. The molecule has 4 nitrogen and oxygen atoms in total. The molecule has 0 radical (unpaired) electrons. The Morgan fingerprint density at radius 1 is 0.880 bits per heavy atom. The average molecular weight is 353 g/mol. The first-order chi connectivity index (χ1) is 12.2. The van der Waals surface area contributed by atoms with Crippen LogP contribution in [0.2, 0.25) is 5.02 Å². The smallest absolute Gasteiger partial charge is 0.224 e. The summed E-state index contributed by atoms with van der Waals surface area (Å²) < 4.78 is 0. The fourth-order valence-corrected chi connectivity index (χ4v) is 2.75. The van der Waals surface area contributed by atoms with E-state index in [4.69, 9.17) is 11.6 Å². The molecule has 0 spiro atoms. The molecule has 0 saturated carbocycles. The minimum absolute atomic E-state index is 0.637. The molecule has 2 aromatic carbocycles. The molecule has 3 aromatic rings. The standard InChI is InChI=1S/C20H21ClN4/c1-15-12-19(23-14-17-6-3-2-4-7-17)25-20(24-15)22-11-10-16-8-5-9-18(21)13-16/h2-9,12-13H,10-11,14H2,1H3,(H2,22,23,24,25). The number of aromatic nitrogens is 2. The van der Waals surface area contributed by atoms with Crippen molar-refractivity contribution in [3.8, 4) is 0 Å². The lowest BCUT2D eigenvalue weighted by molar-refractivity contribution is 0.970. The average Bonchev–Trinajstić information content (AvgIpc) is 2.61. The van der Waals surface area contributed by atoms with Crippen molar-refractivity contribution in [3.63, 3.8) is 0 Å². The van der Waals surface area contributed by atoms with E-state index >= 15 is 0 Å². The summed E-state index contributed by atoms with van der Waals surface area (Å²) in [6, 6.07) is 20.1. The Bertz CT molecular complexity index is 821.